The maximum atomic E-state index is 12.0. The van der Waals surface area contributed by atoms with Crippen molar-refractivity contribution < 1.29 is 32.5 Å². The van der Waals surface area contributed by atoms with Crippen LogP contribution >= 0.6 is 11.6 Å². The third-order valence-corrected chi connectivity index (χ3v) is 11.0. The fourth-order valence-corrected chi connectivity index (χ4v) is 8.68. The number of carboxylic acid groups (broad SMARTS) is 1. The number of hydrogen-bond donors (Lipinski definition) is 2. The van der Waals surface area contributed by atoms with Crippen molar-refractivity contribution in [3.63, 3.8) is 0 Å². The van der Waals surface area contributed by atoms with Crippen LogP contribution in [-0.2, 0) is 31.3 Å². The zero-order chi connectivity index (χ0) is 30.4. The first-order chi connectivity index (χ1) is 20.5. The maximum Gasteiger partial charge on any atom is 0.335 e. The van der Waals surface area contributed by atoms with Gasteiger partial charge in [0, 0.05) is 36.6 Å². The van der Waals surface area contributed by atoms with E-state index in [-0.39, 0.29) is 28.9 Å². The van der Waals surface area contributed by atoms with Crippen molar-refractivity contribution in [2.75, 3.05) is 37.0 Å². The van der Waals surface area contributed by atoms with E-state index in [9.17, 15) is 18.3 Å². The number of sulfonamides is 1. The molecule has 1 saturated heterocycles. The highest BCUT2D eigenvalue weighted by Gasteiger charge is 2.45. The van der Waals surface area contributed by atoms with Crippen LogP contribution in [-0.4, -0.2) is 69.9 Å². The molecule has 2 aliphatic carbocycles. The van der Waals surface area contributed by atoms with Crippen molar-refractivity contribution in [2.45, 2.75) is 75.6 Å². The van der Waals surface area contributed by atoms with Gasteiger partial charge in [0.1, 0.15) is 5.75 Å². The lowest BCUT2D eigenvalue weighted by atomic mass is 9.67. The first-order valence-corrected chi connectivity index (χ1v) is 17.4. The molecule has 2 aliphatic heterocycles. The van der Waals surface area contributed by atoms with E-state index in [1.165, 1.54) is 11.1 Å². The van der Waals surface area contributed by atoms with Crippen LogP contribution in [0.4, 0.5) is 5.69 Å². The van der Waals surface area contributed by atoms with Crippen LogP contribution in [0.2, 0.25) is 5.02 Å². The number of hydrogen-bond acceptors (Lipinski definition) is 7. The Morgan fingerprint density at radius 1 is 1.23 bits per heavy atom. The smallest absolute Gasteiger partial charge is 0.335 e. The molecule has 6 atom stereocenters. The number of aryl methyl sites for hydroxylation is 1. The molecule has 3 N–H and O–H groups in total. The van der Waals surface area contributed by atoms with Crippen LogP contribution in [0.1, 0.15) is 66.9 Å². The Hall–Kier alpha value is -2.37. The molecule has 2 heterocycles. The van der Waals surface area contributed by atoms with Crippen molar-refractivity contribution in [3.05, 3.63) is 58.1 Å². The summed E-state index contributed by atoms with van der Waals surface area (Å²) in [5.74, 6) is 0.246. The number of carbonyl (C=O) groups is 1. The number of nitrogens with zero attached hydrogens (tertiary/aromatic N) is 1. The van der Waals surface area contributed by atoms with Crippen LogP contribution in [0.15, 0.2) is 36.4 Å². The number of carboxylic acids is 1. The fraction of sp³-hybridized carbons (Fsp3) is 0.594. The minimum atomic E-state index is -3.61. The van der Waals surface area contributed by atoms with Crippen molar-refractivity contribution >= 4 is 33.3 Å². The lowest BCUT2D eigenvalue weighted by molar-refractivity contribution is -0.126. The SMILES string of the molecule is C[C@H](CS(N)(=O)=O)O[C@@H]1CCO[C@H]([C@@H]2CC[C@H]2CN2CC3(CCCc4cc(Cl)ccc43)COc3ccc(C(=O)O)cc32)C1. The van der Waals surface area contributed by atoms with E-state index in [4.69, 9.17) is 31.0 Å². The molecule has 234 valence electrons. The number of fused-ring (bicyclic) bond motifs is 3. The molecular weight excluding hydrogens is 592 g/mol. The molecule has 2 aromatic rings. The number of benzene rings is 2. The van der Waals surface area contributed by atoms with E-state index in [1.807, 2.05) is 6.07 Å². The Labute approximate surface area is 258 Å². The van der Waals surface area contributed by atoms with Crippen LogP contribution in [0, 0.1) is 11.8 Å². The first-order valence-electron chi connectivity index (χ1n) is 15.3. The van der Waals surface area contributed by atoms with E-state index in [0.29, 0.717) is 30.8 Å². The number of primary sulfonamides is 1. The summed E-state index contributed by atoms with van der Waals surface area (Å²) >= 11 is 6.39. The minimum absolute atomic E-state index is 0.0266. The summed E-state index contributed by atoms with van der Waals surface area (Å²) in [5.41, 5.74) is 3.37. The van der Waals surface area contributed by atoms with Gasteiger partial charge < -0.3 is 24.2 Å². The third-order valence-electron chi connectivity index (χ3n) is 9.85. The maximum absolute atomic E-state index is 12.0. The monoisotopic (exact) mass is 632 g/mol. The average molecular weight is 633 g/mol. The predicted molar refractivity (Wildman–Crippen MR) is 165 cm³/mol. The zero-order valence-corrected chi connectivity index (χ0v) is 26.1. The summed E-state index contributed by atoms with van der Waals surface area (Å²) in [6, 6.07) is 11.4. The lowest BCUT2D eigenvalue weighted by Gasteiger charge is -2.48. The molecule has 0 bridgehead atoms. The highest BCUT2D eigenvalue weighted by molar-refractivity contribution is 7.89. The summed E-state index contributed by atoms with van der Waals surface area (Å²) in [6.07, 6.45) is 6.03. The quantitative estimate of drug-likeness (QED) is 0.426. The van der Waals surface area contributed by atoms with Gasteiger partial charge in [-0.25, -0.2) is 18.4 Å². The van der Waals surface area contributed by atoms with Gasteiger partial charge in [0.05, 0.1) is 41.9 Å². The van der Waals surface area contributed by atoms with Crippen molar-refractivity contribution in [3.8, 4) is 5.75 Å². The second kappa shape index (κ2) is 12.2. The molecule has 1 saturated carbocycles. The van der Waals surface area contributed by atoms with E-state index in [0.717, 1.165) is 68.7 Å². The zero-order valence-electron chi connectivity index (χ0n) is 24.5. The first kappa shape index (κ1) is 30.6. The van der Waals surface area contributed by atoms with Crippen LogP contribution in [0.3, 0.4) is 0 Å². The van der Waals surface area contributed by atoms with Gasteiger partial charge in [0.15, 0.2) is 0 Å². The van der Waals surface area contributed by atoms with Crippen molar-refractivity contribution in [1.29, 1.82) is 0 Å². The third kappa shape index (κ3) is 6.68. The van der Waals surface area contributed by atoms with Gasteiger partial charge in [0.2, 0.25) is 10.0 Å². The number of halogens is 1. The summed E-state index contributed by atoms with van der Waals surface area (Å²) in [6.45, 7) is 4.34. The minimum Gasteiger partial charge on any atom is -0.490 e. The molecule has 0 amide bonds. The second-order valence-corrected chi connectivity index (χ2v) is 15.0. The van der Waals surface area contributed by atoms with Gasteiger partial charge in [-0.1, -0.05) is 17.7 Å². The normalized spacial score (nSPS) is 29.5. The Bertz CT molecular complexity index is 1470. The van der Waals surface area contributed by atoms with Gasteiger partial charge >= 0.3 is 5.97 Å². The van der Waals surface area contributed by atoms with Gasteiger partial charge in [-0.15, -0.1) is 0 Å². The van der Waals surface area contributed by atoms with Crippen molar-refractivity contribution in [1.82, 2.24) is 0 Å². The van der Waals surface area contributed by atoms with Gasteiger partial charge in [-0.3, -0.25) is 0 Å². The largest absolute Gasteiger partial charge is 0.490 e. The van der Waals surface area contributed by atoms with Crippen LogP contribution in [0.5, 0.6) is 5.75 Å². The number of anilines is 1. The standard InChI is InChI=1S/C32H41ClN2O7S/c1-20(17-43(34,38)39)42-25-10-12-40-30(15-25)26-7-4-23(26)16-35-18-32(11-2-3-21-13-24(33)6-8-27(21)32)19-41-29-9-5-22(31(36)37)14-28(29)35/h5-6,8-9,13-14,20,23,25-26,30H,2-4,7,10-12,15-19H2,1H3,(H,36,37)(H2,34,38,39)/t20-,23+,25-,26-,30+,32?/m1/s1. The fourth-order valence-electron chi connectivity index (χ4n) is 7.75. The molecule has 0 radical (unpaired) electrons. The number of aromatic carboxylic acids is 1. The molecule has 1 spiro atoms. The molecular formula is C32H41ClN2O7S. The highest BCUT2D eigenvalue weighted by atomic mass is 35.5. The van der Waals surface area contributed by atoms with Gasteiger partial charge in [-0.05, 0) is 98.7 Å². The van der Waals surface area contributed by atoms with Gasteiger partial charge in [0.25, 0.3) is 0 Å². The Balaban J connectivity index is 1.24. The molecule has 11 heteroatoms. The molecule has 1 unspecified atom stereocenters. The highest BCUT2D eigenvalue weighted by Crippen LogP contribution is 2.47. The van der Waals surface area contributed by atoms with E-state index in [2.05, 4.69) is 17.0 Å². The van der Waals surface area contributed by atoms with E-state index < -0.39 is 22.1 Å². The molecule has 9 nitrogen and oxygen atoms in total. The molecule has 43 heavy (non-hydrogen) atoms. The summed E-state index contributed by atoms with van der Waals surface area (Å²) in [7, 11) is -3.61. The molecule has 6 rings (SSSR count). The van der Waals surface area contributed by atoms with Gasteiger partial charge in [-0.2, -0.15) is 0 Å². The lowest BCUT2D eigenvalue weighted by Crippen LogP contribution is -2.51. The van der Waals surface area contributed by atoms with Crippen LogP contribution in [0.25, 0.3) is 0 Å². The summed E-state index contributed by atoms with van der Waals surface area (Å²) < 4.78 is 41.9. The second-order valence-electron chi connectivity index (χ2n) is 12.9. The molecule has 0 aromatic heterocycles. The van der Waals surface area contributed by atoms with E-state index in [1.54, 1.807) is 25.1 Å². The summed E-state index contributed by atoms with van der Waals surface area (Å²) in [5, 5.41) is 15.8. The topological polar surface area (TPSA) is 128 Å². The van der Waals surface area contributed by atoms with E-state index >= 15 is 0 Å². The Morgan fingerprint density at radius 3 is 2.81 bits per heavy atom. The summed E-state index contributed by atoms with van der Waals surface area (Å²) in [4.78, 5) is 14.3. The Morgan fingerprint density at radius 2 is 2.07 bits per heavy atom. The van der Waals surface area contributed by atoms with Crippen molar-refractivity contribution in [2.24, 2.45) is 17.0 Å². The number of nitrogens with two attached hydrogens (primary N) is 1. The molecule has 4 aliphatic rings. The number of rotatable bonds is 8. The average Bonchev–Trinajstić information content (AvgIpc) is 3.07. The van der Waals surface area contributed by atoms with Crippen LogP contribution < -0.4 is 14.8 Å². The Kier molecular flexibility index (Phi) is 8.69. The number of ether oxygens (including phenoxy) is 3. The molecule has 2 fully saturated rings. The predicted octanol–water partition coefficient (Wildman–Crippen LogP) is 4.78. The molecule has 2 aromatic carbocycles.